The Bertz CT molecular complexity index is 3450. The third-order valence-electron chi connectivity index (χ3n) is 13.5. The van der Waals surface area contributed by atoms with Gasteiger partial charge in [-0.15, -0.1) is 0 Å². The summed E-state index contributed by atoms with van der Waals surface area (Å²) >= 11 is 0. The lowest BCUT2D eigenvalue weighted by Gasteiger charge is -2.35. The Morgan fingerprint density at radius 3 is 1.78 bits per heavy atom. The van der Waals surface area contributed by atoms with Crippen LogP contribution < -0.4 is 14.5 Å². The number of rotatable bonds is 9. The Morgan fingerprint density at radius 2 is 1.14 bits per heavy atom. The standard InChI is InChI=1S/C61H54N2O2/c1-7-56-52(26-16-14-19-41-30-29-40(6)35-58(41)64-56)62(42-20-10-8-11-21-42)54-36-50(38(2)3)45-32-34-49-55(37-51(39(4)5)46-31-33-48(54)59(45)60(46)49)63(43-22-12-9-13-23-43)53-27-18-25-47-44-24-15-17-28-57(44)65-61(47)53/h8-18,20-39,56H,7,19H2,1-6H3/b16-14-,52-26?. The van der Waals surface area contributed by atoms with Gasteiger partial charge in [0.1, 0.15) is 17.4 Å². The molecule has 1 aromatic heterocycles. The lowest BCUT2D eigenvalue weighted by atomic mass is 9.84. The summed E-state index contributed by atoms with van der Waals surface area (Å²) in [5, 5.41) is 9.78. The van der Waals surface area contributed by atoms with Crippen LogP contribution >= 0.6 is 0 Å². The van der Waals surface area contributed by atoms with E-state index >= 15 is 0 Å². The summed E-state index contributed by atoms with van der Waals surface area (Å²) in [5.74, 6) is 1.47. The molecule has 1 atom stereocenters. The van der Waals surface area contributed by atoms with Crippen LogP contribution in [0.3, 0.4) is 0 Å². The molecule has 9 aromatic carbocycles. The number of para-hydroxylation sites is 4. The topological polar surface area (TPSA) is 28.9 Å². The molecule has 0 radical (unpaired) electrons. The van der Waals surface area contributed by atoms with Gasteiger partial charge in [-0.2, -0.15) is 0 Å². The number of nitrogens with zero attached hydrogens (tertiary/aromatic N) is 2. The fourth-order valence-electron chi connectivity index (χ4n) is 10.4. The van der Waals surface area contributed by atoms with Crippen LogP contribution in [0.15, 0.2) is 186 Å². The first-order chi connectivity index (χ1) is 31.8. The second-order valence-electron chi connectivity index (χ2n) is 18.3. The van der Waals surface area contributed by atoms with E-state index in [0.29, 0.717) is 0 Å². The molecule has 0 amide bonds. The first-order valence-corrected chi connectivity index (χ1v) is 23.3. The van der Waals surface area contributed by atoms with Crippen LogP contribution in [0.4, 0.5) is 28.4 Å². The van der Waals surface area contributed by atoms with E-state index in [1.807, 2.05) is 0 Å². The quantitative estimate of drug-likeness (QED) is 0.135. The summed E-state index contributed by atoms with van der Waals surface area (Å²) < 4.78 is 13.9. The van der Waals surface area contributed by atoms with Crippen LogP contribution in [0, 0.1) is 6.92 Å². The molecular weight excluding hydrogens is 793 g/mol. The smallest absolute Gasteiger partial charge is 0.159 e. The maximum Gasteiger partial charge on any atom is 0.159 e. The minimum atomic E-state index is -0.209. The van der Waals surface area contributed by atoms with Gasteiger partial charge in [0, 0.05) is 32.9 Å². The summed E-state index contributed by atoms with van der Waals surface area (Å²) in [5.41, 5.74) is 13.4. The second-order valence-corrected chi connectivity index (χ2v) is 18.3. The number of hydrogen-bond donors (Lipinski definition) is 0. The lowest BCUT2D eigenvalue weighted by Crippen LogP contribution is -2.30. The average Bonchev–Trinajstić information content (AvgIpc) is 3.75. The molecule has 10 aromatic rings. The molecule has 4 heteroatoms. The molecule has 0 fully saturated rings. The van der Waals surface area contributed by atoms with Crippen molar-refractivity contribution in [2.45, 2.75) is 72.3 Å². The molecule has 0 spiro atoms. The van der Waals surface area contributed by atoms with Gasteiger partial charge in [0.15, 0.2) is 5.58 Å². The molecule has 0 aliphatic carbocycles. The zero-order valence-corrected chi connectivity index (χ0v) is 38.1. The Balaban J connectivity index is 1.22. The van der Waals surface area contributed by atoms with E-state index in [1.165, 1.54) is 54.6 Å². The van der Waals surface area contributed by atoms with Gasteiger partial charge in [0.2, 0.25) is 0 Å². The first kappa shape index (κ1) is 40.5. The van der Waals surface area contributed by atoms with Crippen molar-refractivity contribution in [3.05, 3.63) is 204 Å². The monoisotopic (exact) mass is 846 g/mol. The van der Waals surface area contributed by atoms with E-state index in [9.17, 15) is 0 Å². The first-order valence-electron chi connectivity index (χ1n) is 23.3. The summed E-state index contributed by atoms with van der Waals surface area (Å²) in [6.07, 6.45) is 8.18. The molecule has 65 heavy (non-hydrogen) atoms. The molecule has 2 heterocycles. The van der Waals surface area contributed by atoms with Crippen LogP contribution in [0.2, 0.25) is 0 Å². The van der Waals surface area contributed by atoms with Crippen LogP contribution in [0.5, 0.6) is 5.75 Å². The Kier molecular flexibility index (Phi) is 10.2. The van der Waals surface area contributed by atoms with Crippen LogP contribution in [-0.4, -0.2) is 6.10 Å². The van der Waals surface area contributed by atoms with E-state index < -0.39 is 0 Å². The van der Waals surface area contributed by atoms with Crippen LogP contribution in [-0.2, 0) is 6.42 Å². The fourth-order valence-corrected chi connectivity index (χ4v) is 10.4. The van der Waals surface area contributed by atoms with Gasteiger partial charge >= 0.3 is 0 Å². The minimum absolute atomic E-state index is 0.209. The summed E-state index contributed by atoms with van der Waals surface area (Å²) in [7, 11) is 0. The molecule has 1 aliphatic rings. The van der Waals surface area contributed by atoms with Crippen molar-refractivity contribution in [1.82, 2.24) is 0 Å². The van der Waals surface area contributed by atoms with Crippen molar-refractivity contribution in [2.75, 3.05) is 9.80 Å². The van der Waals surface area contributed by atoms with Gasteiger partial charge in [-0.1, -0.05) is 150 Å². The third-order valence-corrected chi connectivity index (χ3v) is 13.5. The lowest BCUT2D eigenvalue weighted by molar-refractivity contribution is 0.229. The molecule has 4 nitrogen and oxygen atoms in total. The molecule has 1 unspecified atom stereocenters. The molecular formula is C61H54N2O2. The molecule has 1 aliphatic heterocycles. The Hall–Kier alpha value is -7.30. The average molecular weight is 847 g/mol. The summed E-state index contributed by atoms with van der Waals surface area (Å²) in [4.78, 5) is 4.92. The van der Waals surface area contributed by atoms with E-state index in [4.69, 9.17) is 9.15 Å². The van der Waals surface area contributed by atoms with Crippen molar-refractivity contribution in [1.29, 1.82) is 0 Å². The van der Waals surface area contributed by atoms with Crippen molar-refractivity contribution >= 4 is 82.7 Å². The van der Waals surface area contributed by atoms with Gasteiger partial charge in [-0.05, 0) is 136 Å². The molecule has 0 N–H and O–H groups in total. The molecule has 0 bridgehead atoms. The number of aryl methyl sites for hydroxylation is 1. The van der Waals surface area contributed by atoms with E-state index in [-0.39, 0.29) is 17.9 Å². The van der Waals surface area contributed by atoms with Crippen molar-refractivity contribution < 1.29 is 9.15 Å². The summed E-state index contributed by atoms with van der Waals surface area (Å²) in [6.45, 7) is 13.7. The highest BCUT2D eigenvalue weighted by Gasteiger charge is 2.30. The van der Waals surface area contributed by atoms with Crippen LogP contribution in [0.25, 0.3) is 54.3 Å². The van der Waals surface area contributed by atoms with Gasteiger partial charge in [-0.3, -0.25) is 0 Å². The molecule has 0 saturated heterocycles. The SMILES string of the molecule is CCC1Oc2cc(C)ccc2C/C=C\C=C1N(c1ccccc1)c1cc(C(C)C)c2ccc3c(N(c4ccccc4)c4cccc5c4oc4ccccc45)cc(C(C)C)c4ccc1c2c43. The predicted molar refractivity (Wildman–Crippen MR) is 276 cm³/mol. The minimum Gasteiger partial charge on any atom is -0.484 e. The zero-order chi connectivity index (χ0) is 44.3. The molecule has 0 saturated carbocycles. The number of allylic oxidation sites excluding steroid dienone is 3. The van der Waals surface area contributed by atoms with Gasteiger partial charge in [0.05, 0.1) is 22.8 Å². The van der Waals surface area contributed by atoms with Crippen LogP contribution in [0.1, 0.15) is 75.1 Å². The maximum atomic E-state index is 7.14. The van der Waals surface area contributed by atoms with Crippen molar-refractivity contribution in [3.8, 4) is 5.75 Å². The van der Waals surface area contributed by atoms with E-state index in [0.717, 1.165) is 74.7 Å². The summed E-state index contributed by atoms with van der Waals surface area (Å²) in [6, 6.07) is 57.7. The van der Waals surface area contributed by atoms with Gasteiger partial charge in [0.25, 0.3) is 0 Å². The number of furan rings is 1. The fraction of sp³-hybridized carbons (Fsp3) is 0.180. The molecule has 11 rings (SSSR count). The van der Waals surface area contributed by atoms with Gasteiger partial charge in [-0.25, -0.2) is 0 Å². The number of fused-ring (bicyclic) bond motifs is 4. The number of ether oxygens (including phenoxy) is 1. The Labute approximate surface area is 382 Å². The van der Waals surface area contributed by atoms with E-state index in [1.54, 1.807) is 0 Å². The number of anilines is 5. The highest BCUT2D eigenvalue weighted by Crippen LogP contribution is 2.52. The largest absolute Gasteiger partial charge is 0.484 e. The molecule has 320 valence electrons. The maximum absolute atomic E-state index is 7.14. The Morgan fingerprint density at radius 1 is 0.554 bits per heavy atom. The third kappa shape index (κ3) is 6.82. The van der Waals surface area contributed by atoms with Crippen molar-refractivity contribution in [2.24, 2.45) is 0 Å². The van der Waals surface area contributed by atoms with Gasteiger partial charge < -0.3 is 19.0 Å². The second kappa shape index (κ2) is 16.4. The van der Waals surface area contributed by atoms with E-state index in [2.05, 4.69) is 227 Å². The van der Waals surface area contributed by atoms with Crippen molar-refractivity contribution in [3.63, 3.8) is 0 Å². The zero-order valence-electron chi connectivity index (χ0n) is 38.1. The number of benzene rings is 9. The normalized spacial score (nSPS) is 14.8. The highest BCUT2D eigenvalue weighted by atomic mass is 16.5. The predicted octanol–water partition coefficient (Wildman–Crippen LogP) is 17.5. The highest BCUT2D eigenvalue weighted by molar-refractivity contribution is 6.29. The number of hydrogen-bond acceptors (Lipinski definition) is 4.